The number of piperazine rings is 1. The Morgan fingerprint density at radius 2 is 1.60 bits per heavy atom. The second-order valence-electron chi connectivity index (χ2n) is 11.0. The van der Waals surface area contributed by atoms with E-state index in [-0.39, 0.29) is 23.6 Å². The Labute approximate surface area is 237 Å². The minimum atomic E-state index is -0.605. The Balaban J connectivity index is 1.34. The van der Waals surface area contributed by atoms with E-state index in [2.05, 4.69) is 17.2 Å². The smallest absolute Gasteiger partial charge is 0.254 e. The molecule has 1 aliphatic heterocycles. The molecule has 40 heavy (non-hydrogen) atoms. The van der Waals surface area contributed by atoms with Crippen LogP contribution in [0.15, 0.2) is 55.1 Å². The highest BCUT2D eigenvalue weighted by atomic mass is 16.2. The lowest BCUT2D eigenvalue weighted by Gasteiger charge is -2.37. The topological polar surface area (TPSA) is 98.8 Å². The molecule has 2 aromatic rings. The van der Waals surface area contributed by atoms with Crippen LogP contribution in [0.5, 0.6) is 0 Å². The van der Waals surface area contributed by atoms with E-state index in [1.54, 1.807) is 4.90 Å². The van der Waals surface area contributed by atoms with Crippen LogP contribution in [0.1, 0.15) is 68.1 Å². The average Bonchev–Trinajstić information content (AvgIpc) is 2.99. The normalized spacial score (nSPS) is 16.8. The molecule has 2 aromatic carbocycles. The largest absolute Gasteiger partial charge is 0.353 e. The van der Waals surface area contributed by atoms with Gasteiger partial charge in [0.1, 0.15) is 6.04 Å². The fraction of sp³-hybridized carbons (Fsp3) is 0.500. The van der Waals surface area contributed by atoms with E-state index in [0.717, 1.165) is 23.6 Å². The van der Waals surface area contributed by atoms with Gasteiger partial charge in [-0.05, 0) is 60.9 Å². The van der Waals surface area contributed by atoms with Gasteiger partial charge in [-0.1, -0.05) is 62.2 Å². The van der Waals surface area contributed by atoms with Crippen molar-refractivity contribution in [2.45, 2.75) is 63.8 Å². The van der Waals surface area contributed by atoms with Crippen molar-refractivity contribution in [3.8, 4) is 0 Å². The number of rotatable bonds is 11. The van der Waals surface area contributed by atoms with E-state index < -0.39 is 6.04 Å². The first-order chi connectivity index (χ1) is 19.5. The summed E-state index contributed by atoms with van der Waals surface area (Å²) < 4.78 is 0. The number of nitrogens with zero attached hydrogens (tertiary/aromatic N) is 2. The molecule has 1 atom stereocenters. The molecule has 4 amide bonds. The average molecular weight is 547 g/mol. The van der Waals surface area contributed by atoms with Crippen LogP contribution in [0.2, 0.25) is 0 Å². The summed E-state index contributed by atoms with van der Waals surface area (Å²) in [4.78, 5) is 54.9. The molecule has 214 valence electrons. The lowest BCUT2D eigenvalue weighted by Crippen LogP contribution is -2.56. The van der Waals surface area contributed by atoms with E-state index in [0.29, 0.717) is 69.9 Å². The van der Waals surface area contributed by atoms with E-state index in [1.165, 1.54) is 25.3 Å². The SMILES string of the molecule is C=CC(=O)NCCCC[C@H](NC(=O)CC1CCCCC1)C(=O)N1CCN(C(=O)c2cccc3ccccc23)CC1. The summed E-state index contributed by atoms with van der Waals surface area (Å²) >= 11 is 0. The molecule has 8 heteroatoms. The van der Waals surface area contributed by atoms with Crippen LogP contribution in [-0.4, -0.2) is 72.2 Å². The van der Waals surface area contributed by atoms with Crippen LogP contribution >= 0.6 is 0 Å². The summed E-state index contributed by atoms with van der Waals surface area (Å²) in [6.07, 6.45) is 9.31. The van der Waals surface area contributed by atoms with Crippen LogP contribution in [0.3, 0.4) is 0 Å². The predicted molar refractivity (Wildman–Crippen MR) is 157 cm³/mol. The third kappa shape index (κ3) is 7.93. The number of hydrogen-bond acceptors (Lipinski definition) is 4. The quantitative estimate of drug-likeness (QED) is 0.328. The third-order valence-corrected chi connectivity index (χ3v) is 8.13. The Bertz CT molecular complexity index is 1190. The van der Waals surface area contributed by atoms with Gasteiger partial charge in [0.05, 0.1) is 0 Å². The Morgan fingerprint density at radius 1 is 0.900 bits per heavy atom. The van der Waals surface area contributed by atoms with Gasteiger partial charge in [0.2, 0.25) is 17.7 Å². The van der Waals surface area contributed by atoms with E-state index in [4.69, 9.17) is 0 Å². The van der Waals surface area contributed by atoms with Gasteiger partial charge >= 0.3 is 0 Å². The highest BCUT2D eigenvalue weighted by Gasteiger charge is 2.31. The van der Waals surface area contributed by atoms with E-state index >= 15 is 0 Å². The van der Waals surface area contributed by atoms with Gasteiger partial charge in [0.15, 0.2) is 0 Å². The van der Waals surface area contributed by atoms with Crippen LogP contribution < -0.4 is 10.6 Å². The highest BCUT2D eigenvalue weighted by molar-refractivity contribution is 6.07. The number of nitrogens with one attached hydrogen (secondary N) is 2. The maximum atomic E-state index is 13.6. The molecule has 4 rings (SSSR count). The molecular formula is C32H42N4O4. The van der Waals surface area contributed by atoms with Gasteiger partial charge in [-0.2, -0.15) is 0 Å². The van der Waals surface area contributed by atoms with Gasteiger partial charge in [-0.25, -0.2) is 0 Å². The molecule has 1 saturated heterocycles. The second kappa shape index (κ2) is 14.6. The molecule has 1 saturated carbocycles. The first-order valence-electron chi connectivity index (χ1n) is 14.7. The summed E-state index contributed by atoms with van der Waals surface area (Å²) in [5.41, 5.74) is 0.675. The maximum absolute atomic E-state index is 13.6. The molecule has 0 bridgehead atoms. The van der Waals surface area contributed by atoms with Crippen molar-refractivity contribution in [3.63, 3.8) is 0 Å². The molecule has 1 aliphatic carbocycles. The number of fused-ring (bicyclic) bond motifs is 1. The first kappa shape index (κ1) is 29.3. The van der Waals surface area contributed by atoms with Crippen LogP contribution in [0.4, 0.5) is 0 Å². The summed E-state index contributed by atoms with van der Waals surface area (Å²) in [5, 5.41) is 7.75. The van der Waals surface area contributed by atoms with Crippen molar-refractivity contribution in [2.24, 2.45) is 5.92 Å². The minimum Gasteiger partial charge on any atom is -0.353 e. The Hall–Kier alpha value is -3.68. The van der Waals surface area contributed by atoms with Crippen LogP contribution in [-0.2, 0) is 14.4 Å². The fourth-order valence-corrected chi connectivity index (χ4v) is 5.85. The van der Waals surface area contributed by atoms with Gasteiger partial charge in [0.25, 0.3) is 5.91 Å². The van der Waals surface area contributed by atoms with Gasteiger partial charge < -0.3 is 20.4 Å². The molecule has 2 aliphatic rings. The lowest BCUT2D eigenvalue weighted by molar-refractivity contribution is -0.138. The number of unbranched alkanes of at least 4 members (excludes halogenated alkanes) is 1. The zero-order valence-electron chi connectivity index (χ0n) is 23.4. The van der Waals surface area contributed by atoms with Crippen molar-refractivity contribution in [1.29, 1.82) is 0 Å². The molecule has 8 nitrogen and oxygen atoms in total. The third-order valence-electron chi connectivity index (χ3n) is 8.13. The monoisotopic (exact) mass is 546 g/mol. The van der Waals surface area contributed by atoms with Gasteiger partial charge in [-0.3, -0.25) is 19.2 Å². The molecule has 0 radical (unpaired) electrons. The summed E-state index contributed by atoms with van der Waals surface area (Å²) in [6.45, 7) is 5.71. The number of carbonyl (C=O) groups is 4. The zero-order chi connectivity index (χ0) is 28.3. The number of amides is 4. The minimum absolute atomic E-state index is 0.0252. The van der Waals surface area contributed by atoms with Crippen molar-refractivity contribution < 1.29 is 19.2 Å². The molecule has 2 N–H and O–H groups in total. The van der Waals surface area contributed by atoms with Crippen molar-refractivity contribution in [1.82, 2.24) is 20.4 Å². The summed E-state index contributed by atoms with van der Waals surface area (Å²) in [6, 6.07) is 13.0. The van der Waals surface area contributed by atoms with E-state index in [9.17, 15) is 19.2 Å². The van der Waals surface area contributed by atoms with Crippen LogP contribution in [0.25, 0.3) is 10.8 Å². The predicted octanol–water partition coefficient (Wildman–Crippen LogP) is 4.05. The summed E-state index contributed by atoms with van der Waals surface area (Å²) in [7, 11) is 0. The zero-order valence-corrected chi connectivity index (χ0v) is 23.4. The van der Waals surface area contributed by atoms with Crippen molar-refractivity contribution >= 4 is 34.4 Å². The maximum Gasteiger partial charge on any atom is 0.254 e. The van der Waals surface area contributed by atoms with Gasteiger partial charge in [0, 0.05) is 44.7 Å². The standard InChI is InChI=1S/C32H42N4O4/c1-2-29(37)33-18-9-8-17-28(34-30(38)23-24-11-4-3-5-12-24)32(40)36-21-19-35(20-22-36)31(39)27-16-10-14-25-13-6-7-15-26(25)27/h2,6-7,10,13-16,24,28H,1,3-5,8-9,11-12,17-23H2,(H,33,37)(H,34,38)/t28-/m0/s1. The number of benzene rings is 2. The molecule has 0 spiro atoms. The number of hydrogen-bond donors (Lipinski definition) is 2. The number of carbonyl (C=O) groups excluding carboxylic acids is 4. The lowest BCUT2D eigenvalue weighted by atomic mass is 9.87. The second-order valence-corrected chi connectivity index (χ2v) is 11.0. The van der Waals surface area contributed by atoms with Crippen molar-refractivity contribution in [2.75, 3.05) is 32.7 Å². The summed E-state index contributed by atoms with van der Waals surface area (Å²) in [5.74, 6) is -0.00580. The Morgan fingerprint density at radius 3 is 2.35 bits per heavy atom. The fourth-order valence-electron chi connectivity index (χ4n) is 5.85. The highest BCUT2D eigenvalue weighted by Crippen LogP contribution is 2.26. The van der Waals surface area contributed by atoms with Gasteiger partial charge in [-0.15, -0.1) is 0 Å². The van der Waals surface area contributed by atoms with Crippen LogP contribution in [0, 0.1) is 5.92 Å². The molecular weight excluding hydrogens is 504 g/mol. The molecule has 0 unspecified atom stereocenters. The first-order valence-corrected chi connectivity index (χ1v) is 14.7. The molecule has 2 fully saturated rings. The Kier molecular flexibility index (Phi) is 10.7. The molecule has 0 aromatic heterocycles. The van der Waals surface area contributed by atoms with E-state index in [1.807, 2.05) is 47.4 Å². The van der Waals surface area contributed by atoms with Crippen molar-refractivity contribution in [3.05, 3.63) is 60.7 Å². The molecule has 1 heterocycles.